The van der Waals surface area contributed by atoms with Gasteiger partial charge in [0.05, 0.1) is 12.1 Å². The Bertz CT molecular complexity index is 1400. The summed E-state index contributed by atoms with van der Waals surface area (Å²) in [5, 5.41) is 15.6. The zero-order valence-corrected chi connectivity index (χ0v) is 21.1. The number of fused-ring (bicyclic) bond motifs is 2. The monoisotopic (exact) mass is 478 g/mol. The first-order valence-corrected chi connectivity index (χ1v) is 12.8. The zero-order chi connectivity index (χ0) is 25.2. The molecule has 4 aromatic carbocycles. The van der Waals surface area contributed by atoms with Crippen LogP contribution in [-0.4, -0.2) is 17.1 Å². The number of hydrogen-bond donors (Lipinski definition) is 3. The fourth-order valence-electron chi connectivity index (χ4n) is 5.58. The second-order valence-electron chi connectivity index (χ2n) is 10.2. The molecule has 4 nitrogen and oxygen atoms in total. The molecule has 0 aliphatic heterocycles. The van der Waals surface area contributed by atoms with Crippen LogP contribution in [0.4, 0.5) is 0 Å². The molecule has 0 radical (unpaired) electrons. The number of phenolic OH excluding ortho intramolecular Hbond substituents is 1. The number of aryl methyl sites for hydroxylation is 3. The molecule has 2 atom stereocenters. The van der Waals surface area contributed by atoms with Crippen LogP contribution < -0.4 is 11.1 Å². The summed E-state index contributed by atoms with van der Waals surface area (Å²) in [6.07, 6.45) is 4.31. The highest BCUT2D eigenvalue weighted by atomic mass is 16.3. The SMILES string of the molecule is Cc1cc(O)cc(C)c1C[C@H](N)C(=O)N[C@@H]1CCCc2ccc(Cc3ccc4ccccc4c3)cc21. The van der Waals surface area contributed by atoms with E-state index in [4.69, 9.17) is 5.73 Å². The van der Waals surface area contributed by atoms with E-state index in [1.807, 2.05) is 13.8 Å². The lowest BCUT2D eigenvalue weighted by molar-refractivity contribution is -0.123. The van der Waals surface area contributed by atoms with Crippen LogP contribution in [0.25, 0.3) is 10.8 Å². The molecule has 184 valence electrons. The van der Waals surface area contributed by atoms with Crippen molar-refractivity contribution < 1.29 is 9.90 Å². The first kappa shape index (κ1) is 24.1. The fraction of sp³-hybridized carbons (Fsp3) is 0.281. The van der Waals surface area contributed by atoms with Crippen LogP contribution in [0.1, 0.15) is 57.8 Å². The van der Waals surface area contributed by atoms with Gasteiger partial charge in [-0.25, -0.2) is 0 Å². The molecule has 0 spiro atoms. The van der Waals surface area contributed by atoms with Crippen molar-refractivity contribution in [3.8, 4) is 5.75 Å². The number of benzene rings is 4. The van der Waals surface area contributed by atoms with Gasteiger partial charge in [0.1, 0.15) is 5.75 Å². The molecular weight excluding hydrogens is 444 g/mol. The van der Waals surface area contributed by atoms with E-state index < -0.39 is 6.04 Å². The van der Waals surface area contributed by atoms with E-state index in [1.165, 1.54) is 33.0 Å². The van der Waals surface area contributed by atoms with Crippen LogP contribution >= 0.6 is 0 Å². The highest BCUT2D eigenvalue weighted by Gasteiger charge is 2.25. The van der Waals surface area contributed by atoms with Crippen molar-refractivity contribution in [2.24, 2.45) is 5.73 Å². The number of nitrogens with two attached hydrogens (primary N) is 1. The van der Waals surface area contributed by atoms with Crippen LogP contribution in [0.15, 0.2) is 72.8 Å². The van der Waals surface area contributed by atoms with E-state index in [-0.39, 0.29) is 17.7 Å². The Kier molecular flexibility index (Phi) is 6.80. The Hall–Kier alpha value is -3.63. The summed E-state index contributed by atoms with van der Waals surface area (Å²) in [6, 6.07) is 24.6. The van der Waals surface area contributed by atoms with Gasteiger partial charge in [-0.1, -0.05) is 60.7 Å². The maximum absolute atomic E-state index is 13.1. The molecule has 0 heterocycles. The fourth-order valence-corrected chi connectivity index (χ4v) is 5.58. The molecule has 0 saturated heterocycles. The van der Waals surface area contributed by atoms with Gasteiger partial charge in [0.2, 0.25) is 5.91 Å². The highest BCUT2D eigenvalue weighted by molar-refractivity contribution is 5.83. The van der Waals surface area contributed by atoms with Crippen molar-refractivity contribution in [3.05, 3.63) is 112 Å². The van der Waals surface area contributed by atoms with E-state index in [2.05, 4.69) is 66.0 Å². The maximum atomic E-state index is 13.1. The highest BCUT2D eigenvalue weighted by Crippen LogP contribution is 2.32. The molecule has 1 aliphatic rings. The van der Waals surface area contributed by atoms with Gasteiger partial charge in [-0.15, -0.1) is 0 Å². The van der Waals surface area contributed by atoms with Crippen molar-refractivity contribution in [2.45, 2.75) is 58.0 Å². The second-order valence-corrected chi connectivity index (χ2v) is 10.2. The minimum absolute atomic E-state index is 0.0223. The molecule has 4 heteroatoms. The van der Waals surface area contributed by atoms with E-state index in [1.54, 1.807) is 12.1 Å². The van der Waals surface area contributed by atoms with Gasteiger partial charge in [0.15, 0.2) is 0 Å². The molecule has 0 bridgehead atoms. The van der Waals surface area contributed by atoms with Crippen LogP contribution in [-0.2, 0) is 24.1 Å². The largest absolute Gasteiger partial charge is 0.508 e. The Labute approximate surface area is 213 Å². The van der Waals surface area contributed by atoms with Crippen molar-refractivity contribution in [2.75, 3.05) is 0 Å². The quantitative estimate of drug-likeness (QED) is 0.327. The second kappa shape index (κ2) is 10.2. The number of phenols is 1. The summed E-state index contributed by atoms with van der Waals surface area (Å²) >= 11 is 0. The number of carbonyl (C=O) groups excluding carboxylic acids is 1. The van der Waals surface area contributed by atoms with E-state index in [0.29, 0.717) is 6.42 Å². The van der Waals surface area contributed by atoms with Crippen molar-refractivity contribution >= 4 is 16.7 Å². The van der Waals surface area contributed by atoms with Gasteiger partial charge >= 0.3 is 0 Å². The van der Waals surface area contributed by atoms with Crippen LogP contribution in [0.2, 0.25) is 0 Å². The van der Waals surface area contributed by atoms with Gasteiger partial charge in [0, 0.05) is 0 Å². The number of rotatable bonds is 6. The molecule has 0 aromatic heterocycles. The lowest BCUT2D eigenvalue weighted by Crippen LogP contribution is -2.44. The summed E-state index contributed by atoms with van der Waals surface area (Å²) in [6.45, 7) is 3.89. The third kappa shape index (κ3) is 5.14. The van der Waals surface area contributed by atoms with Crippen molar-refractivity contribution in [1.29, 1.82) is 0 Å². The van der Waals surface area contributed by atoms with E-state index >= 15 is 0 Å². The van der Waals surface area contributed by atoms with Gasteiger partial charge in [-0.05, 0) is 108 Å². The molecule has 1 amide bonds. The molecule has 36 heavy (non-hydrogen) atoms. The number of aromatic hydroxyl groups is 1. The lowest BCUT2D eigenvalue weighted by atomic mass is 9.85. The predicted molar refractivity (Wildman–Crippen MR) is 146 cm³/mol. The molecule has 0 unspecified atom stereocenters. The van der Waals surface area contributed by atoms with Crippen molar-refractivity contribution in [3.63, 3.8) is 0 Å². The number of carbonyl (C=O) groups is 1. The normalized spacial score (nSPS) is 15.9. The van der Waals surface area contributed by atoms with Crippen LogP contribution in [0, 0.1) is 13.8 Å². The number of nitrogens with one attached hydrogen (secondary N) is 1. The maximum Gasteiger partial charge on any atom is 0.237 e. The topological polar surface area (TPSA) is 75.3 Å². The first-order chi connectivity index (χ1) is 17.4. The van der Waals surface area contributed by atoms with Gasteiger partial charge in [-0.2, -0.15) is 0 Å². The van der Waals surface area contributed by atoms with E-state index in [0.717, 1.165) is 42.4 Å². The van der Waals surface area contributed by atoms with E-state index in [9.17, 15) is 9.90 Å². The number of amides is 1. The Morgan fingerprint density at radius 2 is 1.67 bits per heavy atom. The summed E-state index contributed by atoms with van der Waals surface area (Å²) in [4.78, 5) is 13.1. The third-order valence-corrected chi connectivity index (χ3v) is 7.50. The standard InChI is InChI=1S/C32H34N2O2/c1-20-14-27(35)15-21(2)28(20)19-30(33)32(36)34-31-9-5-8-25-13-11-23(18-29(25)31)16-22-10-12-24-6-3-4-7-26(24)17-22/h3-4,6-7,10-15,17-18,30-31,35H,5,8-9,16,19,33H2,1-2H3,(H,34,36)/t30-,31+/m0/s1. The molecule has 1 aliphatic carbocycles. The average molecular weight is 479 g/mol. The Morgan fingerprint density at radius 1 is 0.972 bits per heavy atom. The zero-order valence-electron chi connectivity index (χ0n) is 21.1. The molecule has 5 rings (SSSR count). The summed E-state index contributed by atoms with van der Waals surface area (Å²) in [5.74, 6) is 0.115. The van der Waals surface area contributed by atoms with Crippen LogP contribution in [0.3, 0.4) is 0 Å². The average Bonchev–Trinajstić information content (AvgIpc) is 2.86. The number of hydrogen-bond acceptors (Lipinski definition) is 3. The first-order valence-electron chi connectivity index (χ1n) is 12.8. The molecule has 0 saturated carbocycles. The predicted octanol–water partition coefficient (Wildman–Crippen LogP) is 5.82. The molecule has 0 fully saturated rings. The van der Waals surface area contributed by atoms with Gasteiger partial charge in [0.25, 0.3) is 0 Å². The smallest absolute Gasteiger partial charge is 0.237 e. The molecule has 4 N–H and O–H groups in total. The Morgan fingerprint density at radius 3 is 2.44 bits per heavy atom. The lowest BCUT2D eigenvalue weighted by Gasteiger charge is -2.28. The Balaban J connectivity index is 1.31. The van der Waals surface area contributed by atoms with Crippen LogP contribution in [0.5, 0.6) is 5.75 Å². The summed E-state index contributed by atoms with van der Waals surface area (Å²) < 4.78 is 0. The molecule has 4 aromatic rings. The van der Waals surface area contributed by atoms with Gasteiger partial charge < -0.3 is 16.2 Å². The minimum atomic E-state index is -0.641. The minimum Gasteiger partial charge on any atom is -0.508 e. The summed E-state index contributed by atoms with van der Waals surface area (Å²) in [5.41, 5.74) is 14.4. The van der Waals surface area contributed by atoms with Crippen molar-refractivity contribution in [1.82, 2.24) is 5.32 Å². The molecular formula is C32H34N2O2. The van der Waals surface area contributed by atoms with Gasteiger partial charge in [-0.3, -0.25) is 4.79 Å². The third-order valence-electron chi connectivity index (χ3n) is 7.50. The summed E-state index contributed by atoms with van der Waals surface area (Å²) in [7, 11) is 0.